The molecule has 0 saturated heterocycles. The van der Waals surface area contributed by atoms with Crippen molar-refractivity contribution < 1.29 is 9.34 Å². The van der Waals surface area contributed by atoms with E-state index in [0.29, 0.717) is 4.47 Å². The summed E-state index contributed by atoms with van der Waals surface area (Å²) in [7, 11) is 0. The van der Waals surface area contributed by atoms with Crippen molar-refractivity contribution in [1.82, 2.24) is 9.97 Å². The van der Waals surface area contributed by atoms with Crippen molar-refractivity contribution in [3.63, 3.8) is 0 Å². The summed E-state index contributed by atoms with van der Waals surface area (Å²) in [5.41, 5.74) is 5.53. The summed E-state index contributed by atoms with van der Waals surface area (Å²) >= 11 is 3.22. The van der Waals surface area contributed by atoms with E-state index in [2.05, 4.69) is 25.9 Å². The molecule has 2 N–H and O–H groups in total. The molecule has 2 aromatic rings. The van der Waals surface area contributed by atoms with E-state index in [9.17, 15) is 10.1 Å². The normalized spacial score (nSPS) is 10.5. The molecule has 0 fully saturated rings. The number of nitrogen functional groups attached to an aromatic ring is 1. The Morgan fingerprint density at radius 2 is 2.24 bits per heavy atom. The predicted molar refractivity (Wildman–Crippen MR) is 63.2 cm³/mol. The van der Waals surface area contributed by atoms with Gasteiger partial charge >= 0.3 is 5.69 Å². The Hall–Kier alpha value is -1.96. The number of nitrogens with two attached hydrogens (primary N) is 1. The third-order valence-corrected chi connectivity index (χ3v) is 2.71. The summed E-state index contributed by atoms with van der Waals surface area (Å²) < 4.78 is 5.72. The van der Waals surface area contributed by atoms with Crippen molar-refractivity contribution in [2.45, 2.75) is 6.92 Å². The minimum atomic E-state index is -0.556. The molecule has 0 aliphatic rings. The topological polar surface area (TPSA) is 108 Å². The van der Waals surface area contributed by atoms with E-state index in [4.69, 9.17) is 10.2 Å². The molecule has 0 amide bonds. The van der Waals surface area contributed by atoms with E-state index < -0.39 is 4.92 Å². The number of halogens is 1. The quantitative estimate of drug-likeness (QED) is 0.673. The lowest BCUT2D eigenvalue weighted by molar-refractivity contribution is -0.385. The highest BCUT2D eigenvalue weighted by atomic mass is 79.9. The Labute approximate surface area is 104 Å². The molecule has 0 spiro atoms. The van der Waals surface area contributed by atoms with Crippen LogP contribution in [0.2, 0.25) is 0 Å². The molecule has 2 rings (SSSR count). The fraction of sp³-hybridized carbons (Fsp3) is 0.111. The standard InChI is InChI=1S/C9H7BrN4O3/c1-4-7(14(15)16)6(13-9(11)12-4)8-5(10)2-3-17-8/h2-3H,1H3,(H2,11,12,13). The van der Waals surface area contributed by atoms with E-state index >= 15 is 0 Å². The van der Waals surface area contributed by atoms with Crippen LogP contribution in [0.5, 0.6) is 0 Å². The second-order valence-electron chi connectivity index (χ2n) is 3.22. The Morgan fingerprint density at radius 3 is 2.76 bits per heavy atom. The summed E-state index contributed by atoms with van der Waals surface area (Å²) in [4.78, 5) is 18.1. The number of furan rings is 1. The van der Waals surface area contributed by atoms with Crippen molar-refractivity contribution in [2.75, 3.05) is 5.73 Å². The minimum Gasteiger partial charge on any atom is -0.461 e. The molecule has 0 aliphatic heterocycles. The second-order valence-corrected chi connectivity index (χ2v) is 4.07. The van der Waals surface area contributed by atoms with Crippen LogP contribution in [0.25, 0.3) is 11.5 Å². The van der Waals surface area contributed by atoms with Gasteiger partial charge in [-0.3, -0.25) is 10.1 Å². The van der Waals surface area contributed by atoms with Crippen molar-refractivity contribution in [2.24, 2.45) is 0 Å². The predicted octanol–water partition coefficient (Wildman–Crippen LogP) is 2.30. The number of hydrogen-bond donors (Lipinski definition) is 1. The van der Waals surface area contributed by atoms with Crippen LogP contribution in [-0.2, 0) is 0 Å². The number of nitrogens with zero attached hydrogens (tertiary/aromatic N) is 3. The van der Waals surface area contributed by atoms with E-state index in [-0.39, 0.29) is 28.8 Å². The molecular weight excluding hydrogens is 292 g/mol. The van der Waals surface area contributed by atoms with Crippen molar-refractivity contribution in [3.8, 4) is 11.5 Å². The van der Waals surface area contributed by atoms with Gasteiger partial charge in [0.2, 0.25) is 5.95 Å². The fourth-order valence-corrected chi connectivity index (χ4v) is 1.82. The van der Waals surface area contributed by atoms with E-state index in [0.717, 1.165) is 0 Å². The van der Waals surface area contributed by atoms with E-state index in [1.54, 1.807) is 6.07 Å². The molecular formula is C9H7BrN4O3. The maximum atomic E-state index is 11.0. The average molecular weight is 299 g/mol. The average Bonchev–Trinajstić information content (AvgIpc) is 2.62. The van der Waals surface area contributed by atoms with Crippen LogP contribution in [0.1, 0.15) is 5.69 Å². The van der Waals surface area contributed by atoms with Crippen molar-refractivity contribution in [3.05, 3.63) is 32.6 Å². The zero-order valence-electron chi connectivity index (χ0n) is 8.68. The first kappa shape index (κ1) is 11.5. The van der Waals surface area contributed by atoms with Gasteiger partial charge in [0.1, 0.15) is 5.69 Å². The molecule has 7 nitrogen and oxygen atoms in total. The Kier molecular flexibility index (Phi) is 2.80. The van der Waals surface area contributed by atoms with Gasteiger partial charge < -0.3 is 10.2 Å². The zero-order chi connectivity index (χ0) is 12.6. The van der Waals surface area contributed by atoms with Gasteiger partial charge in [-0.25, -0.2) is 9.97 Å². The van der Waals surface area contributed by atoms with Gasteiger partial charge in [-0.15, -0.1) is 0 Å². The van der Waals surface area contributed by atoms with Gasteiger partial charge in [0.05, 0.1) is 15.7 Å². The third kappa shape index (κ3) is 1.98. The van der Waals surface area contributed by atoms with Gasteiger partial charge in [0, 0.05) is 0 Å². The molecule has 8 heteroatoms. The minimum absolute atomic E-state index is 0.0357. The van der Waals surface area contributed by atoms with Crippen LogP contribution >= 0.6 is 15.9 Å². The number of aryl methyl sites for hydroxylation is 1. The van der Waals surface area contributed by atoms with E-state index in [1.807, 2.05) is 0 Å². The van der Waals surface area contributed by atoms with Crippen LogP contribution in [0.4, 0.5) is 11.6 Å². The fourth-order valence-electron chi connectivity index (χ4n) is 1.43. The Morgan fingerprint density at radius 1 is 1.53 bits per heavy atom. The number of aromatic nitrogens is 2. The highest BCUT2D eigenvalue weighted by molar-refractivity contribution is 9.10. The molecule has 0 radical (unpaired) electrons. The molecule has 17 heavy (non-hydrogen) atoms. The highest BCUT2D eigenvalue weighted by Gasteiger charge is 2.26. The molecule has 0 atom stereocenters. The van der Waals surface area contributed by atoms with Gasteiger partial charge in [-0.1, -0.05) is 0 Å². The van der Waals surface area contributed by atoms with Gasteiger partial charge in [0.25, 0.3) is 0 Å². The Bertz CT molecular complexity index is 596. The molecule has 0 bridgehead atoms. The first-order valence-corrected chi connectivity index (χ1v) is 5.32. The molecule has 2 heterocycles. The largest absolute Gasteiger partial charge is 0.461 e. The maximum Gasteiger partial charge on any atom is 0.319 e. The lowest BCUT2D eigenvalue weighted by atomic mass is 10.2. The van der Waals surface area contributed by atoms with Crippen LogP contribution in [0, 0.1) is 17.0 Å². The maximum absolute atomic E-state index is 11.0. The van der Waals surface area contributed by atoms with Crippen LogP contribution in [-0.4, -0.2) is 14.9 Å². The first-order valence-electron chi connectivity index (χ1n) is 4.52. The summed E-state index contributed by atoms with van der Waals surface area (Å²) in [6, 6.07) is 1.62. The SMILES string of the molecule is Cc1nc(N)nc(-c2occc2Br)c1[N+](=O)[O-]. The van der Waals surface area contributed by atoms with Gasteiger partial charge in [-0.2, -0.15) is 0 Å². The number of hydrogen-bond acceptors (Lipinski definition) is 6. The van der Waals surface area contributed by atoms with Crippen LogP contribution in [0.15, 0.2) is 21.2 Å². The number of nitro groups is 1. The third-order valence-electron chi connectivity index (χ3n) is 2.09. The lowest BCUT2D eigenvalue weighted by Gasteiger charge is -2.03. The van der Waals surface area contributed by atoms with Gasteiger partial charge in [0.15, 0.2) is 11.5 Å². The van der Waals surface area contributed by atoms with Crippen LogP contribution in [0.3, 0.4) is 0 Å². The highest BCUT2D eigenvalue weighted by Crippen LogP contribution is 2.35. The summed E-state index contributed by atoms with van der Waals surface area (Å²) in [6.07, 6.45) is 1.40. The smallest absolute Gasteiger partial charge is 0.319 e. The molecule has 0 aliphatic carbocycles. The zero-order valence-corrected chi connectivity index (χ0v) is 10.3. The number of rotatable bonds is 2. The van der Waals surface area contributed by atoms with Crippen molar-refractivity contribution in [1.29, 1.82) is 0 Å². The van der Waals surface area contributed by atoms with E-state index in [1.165, 1.54) is 13.2 Å². The summed E-state index contributed by atoms with van der Waals surface area (Å²) in [5, 5.41) is 11.0. The number of anilines is 1. The lowest BCUT2D eigenvalue weighted by Crippen LogP contribution is -2.04. The summed E-state index contributed by atoms with van der Waals surface area (Å²) in [5.74, 6) is 0.223. The van der Waals surface area contributed by atoms with Crippen LogP contribution < -0.4 is 5.73 Å². The molecule has 0 aromatic carbocycles. The molecule has 0 saturated carbocycles. The molecule has 88 valence electrons. The second kappa shape index (κ2) is 4.13. The molecule has 0 unspecified atom stereocenters. The van der Waals surface area contributed by atoms with Gasteiger partial charge in [-0.05, 0) is 28.9 Å². The first-order chi connectivity index (χ1) is 8.00. The Balaban J connectivity index is 2.76. The molecule has 2 aromatic heterocycles. The monoisotopic (exact) mass is 298 g/mol. The van der Waals surface area contributed by atoms with Crippen molar-refractivity contribution >= 4 is 27.6 Å². The summed E-state index contributed by atoms with van der Waals surface area (Å²) in [6.45, 7) is 1.50.